The number of ether oxygens (including phenoxy) is 1. The first kappa shape index (κ1) is 24.9. The highest BCUT2D eigenvalue weighted by Gasteiger charge is 2.32. The molecule has 0 aliphatic carbocycles. The van der Waals surface area contributed by atoms with Crippen molar-refractivity contribution in [2.75, 3.05) is 12.4 Å². The van der Waals surface area contributed by atoms with Gasteiger partial charge in [0.25, 0.3) is 11.5 Å². The van der Waals surface area contributed by atoms with E-state index in [2.05, 4.69) is 10.3 Å². The minimum atomic E-state index is -1.02. The standard InChI is InChI=1S/C29H23N3O5S/c1-17-24(26(33)31-21-6-4-3-5-7-21)25(19-12-14-22(37-2)15-13-19)32-27(34)23(38-29(32)30-17)16-18-8-10-20(11-9-18)28(35)36/h3-16,25H,1-2H3,(H,31,33)(H,35,36)/b23-16+. The molecular formula is C29H23N3O5S. The number of aromatic carboxylic acids is 1. The second-order valence-electron chi connectivity index (χ2n) is 8.60. The van der Waals surface area contributed by atoms with Crippen LogP contribution in [0.15, 0.2) is 99.9 Å². The molecule has 8 nitrogen and oxygen atoms in total. The van der Waals surface area contributed by atoms with Gasteiger partial charge in [0.2, 0.25) is 0 Å². The summed E-state index contributed by atoms with van der Waals surface area (Å²) >= 11 is 1.22. The molecule has 0 spiro atoms. The number of carbonyl (C=O) groups excluding carboxylic acids is 1. The molecule has 2 N–H and O–H groups in total. The van der Waals surface area contributed by atoms with Gasteiger partial charge >= 0.3 is 5.97 Å². The molecule has 9 heteroatoms. The molecule has 0 saturated heterocycles. The average Bonchev–Trinajstić information content (AvgIpc) is 3.22. The molecule has 1 aliphatic rings. The lowest BCUT2D eigenvalue weighted by atomic mass is 9.95. The van der Waals surface area contributed by atoms with Crippen molar-refractivity contribution in [3.05, 3.63) is 127 Å². The van der Waals surface area contributed by atoms with Gasteiger partial charge < -0.3 is 15.2 Å². The molecule has 3 aromatic carbocycles. The van der Waals surface area contributed by atoms with Crippen LogP contribution in [0.3, 0.4) is 0 Å². The van der Waals surface area contributed by atoms with Gasteiger partial charge in [0.15, 0.2) is 4.80 Å². The Morgan fingerprint density at radius 2 is 1.71 bits per heavy atom. The first-order chi connectivity index (χ1) is 18.4. The summed E-state index contributed by atoms with van der Waals surface area (Å²) in [6.07, 6.45) is 1.70. The number of amides is 1. The molecule has 0 radical (unpaired) electrons. The van der Waals surface area contributed by atoms with Crippen LogP contribution >= 0.6 is 11.3 Å². The molecule has 1 aliphatic heterocycles. The molecule has 1 atom stereocenters. The van der Waals surface area contributed by atoms with E-state index < -0.39 is 12.0 Å². The minimum Gasteiger partial charge on any atom is -0.497 e. The van der Waals surface area contributed by atoms with Gasteiger partial charge in [-0.3, -0.25) is 14.2 Å². The van der Waals surface area contributed by atoms with E-state index in [1.807, 2.05) is 30.3 Å². The maximum atomic E-state index is 13.7. The third-order valence-corrected chi connectivity index (χ3v) is 7.17. The highest BCUT2D eigenvalue weighted by molar-refractivity contribution is 7.07. The number of rotatable bonds is 6. The number of nitrogens with zero attached hydrogens (tertiary/aromatic N) is 2. The number of hydrogen-bond acceptors (Lipinski definition) is 6. The number of para-hydroxylation sites is 1. The quantitative estimate of drug-likeness (QED) is 0.400. The third-order valence-electron chi connectivity index (χ3n) is 6.18. The summed E-state index contributed by atoms with van der Waals surface area (Å²) in [5.41, 5.74) is 2.79. The van der Waals surface area contributed by atoms with Crippen molar-refractivity contribution < 1.29 is 19.4 Å². The van der Waals surface area contributed by atoms with Crippen molar-refractivity contribution in [1.29, 1.82) is 0 Å². The third kappa shape index (κ3) is 4.79. The number of benzene rings is 3. The maximum Gasteiger partial charge on any atom is 0.335 e. The highest BCUT2D eigenvalue weighted by Crippen LogP contribution is 2.31. The SMILES string of the molecule is COc1ccc(C2C(C(=O)Nc3ccccc3)=C(C)N=c3s/c(=C/c4ccc(C(=O)O)cc4)c(=O)n32)cc1. The fraction of sp³-hybridized carbons (Fsp3) is 0.103. The Labute approximate surface area is 221 Å². The predicted molar refractivity (Wildman–Crippen MR) is 145 cm³/mol. The van der Waals surface area contributed by atoms with E-state index >= 15 is 0 Å². The van der Waals surface area contributed by atoms with Crippen LogP contribution < -0.4 is 24.9 Å². The van der Waals surface area contributed by atoms with Crippen LogP contribution in [0, 0.1) is 0 Å². The molecule has 0 bridgehead atoms. The van der Waals surface area contributed by atoms with Crippen molar-refractivity contribution in [3.8, 4) is 5.75 Å². The predicted octanol–water partition coefficient (Wildman–Crippen LogP) is 3.58. The Hall–Kier alpha value is -4.76. The van der Waals surface area contributed by atoms with Gasteiger partial charge in [-0.05, 0) is 60.5 Å². The van der Waals surface area contributed by atoms with Crippen molar-refractivity contribution in [2.24, 2.45) is 4.99 Å². The Balaban J connectivity index is 1.64. The molecule has 190 valence electrons. The minimum absolute atomic E-state index is 0.160. The second kappa shape index (κ2) is 10.3. The van der Waals surface area contributed by atoms with Crippen molar-refractivity contribution in [2.45, 2.75) is 13.0 Å². The number of aromatic nitrogens is 1. The number of methoxy groups -OCH3 is 1. The summed E-state index contributed by atoms with van der Waals surface area (Å²) in [6, 6.07) is 21.9. The number of allylic oxidation sites excluding steroid dienone is 1. The van der Waals surface area contributed by atoms with Crippen LogP contribution in [0.1, 0.15) is 34.5 Å². The Morgan fingerprint density at radius 3 is 2.34 bits per heavy atom. The normalized spacial score (nSPS) is 15.0. The topological polar surface area (TPSA) is 110 Å². The fourth-order valence-corrected chi connectivity index (χ4v) is 5.35. The van der Waals surface area contributed by atoms with E-state index in [1.165, 1.54) is 28.0 Å². The molecule has 0 fully saturated rings. The number of anilines is 1. The first-order valence-electron chi connectivity index (χ1n) is 11.7. The summed E-state index contributed by atoms with van der Waals surface area (Å²) in [5, 5.41) is 12.1. The van der Waals surface area contributed by atoms with Gasteiger partial charge in [-0.25, -0.2) is 9.79 Å². The molecule has 2 heterocycles. The lowest BCUT2D eigenvalue weighted by Gasteiger charge is -2.25. The zero-order chi connectivity index (χ0) is 26.8. The van der Waals surface area contributed by atoms with E-state index in [0.717, 1.165) is 5.56 Å². The number of thiazole rings is 1. The van der Waals surface area contributed by atoms with Crippen molar-refractivity contribution in [1.82, 2.24) is 4.57 Å². The summed E-state index contributed by atoms with van der Waals surface area (Å²) in [4.78, 5) is 43.6. The number of fused-ring (bicyclic) bond motifs is 1. The van der Waals surface area contributed by atoms with Gasteiger partial charge in [0.1, 0.15) is 5.75 Å². The highest BCUT2D eigenvalue weighted by atomic mass is 32.1. The van der Waals surface area contributed by atoms with Gasteiger partial charge in [0.05, 0.1) is 34.5 Å². The molecule has 1 unspecified atom stereocenters. The largest absolute Gasteiger partial charge is 0.497 e. The van der Waals surface area contributed by atoms with Crippen LogP contribution in [-0.4, -0.2) is 28.7 Å². The monoisotopic (exact) mass is 525 g/mol. The van der Waals surface area contributed by atoms with E-state index in [4.69, 9.17) is 9.84 Å². The van der Waals surface area contributed by atoms with E-state index in [1.54, 1.807) is 56.5 Å². The maximum absolute atomic E-state index is 13.7. The van der Waals surface area contributed by atoms with Crippen LogP contribution in [0.5, 0.6) is 5.75 Å². The zero-order valence-corrected chi connectivity index (χ0v) is 21.4. The van der Waals surface area contributed by atoms with Gasteiger partial charge in [-0.1, -0.05) is 53.8 Å². The lowest BCUT2D eigenvalue weighted by molar-refractivity contribution is -0.113. The number of hydrogen-bond donors (Lipinski definition) is 2. The van der Waals surface area contributed by atoms with Gasteiger partial charge in [-0.15, -0.1) is 0 Å². The number of carboxylic acid groups (broad SMARTS) is 1. The summed E-state index contributed by atoms with van der Waals surface area (Å²) in [7, 11) is 1.57. The summed E-state index contributed by atoms with van der Waals surface area (Å²) in [5.74, 6) is -0.717. The van der Waals surface area contributed by atoms with E-state index in [-0.39, 0.29) is 17.0 Å². The number of carboxylic acids is 1. The Kier molecular flexibility index (Phi) is 6.76. The van der Waals surface area contributed by atoms with Gasteiger partial charge in [0, 0.05) is 5.69 Å². The molecule has 5 rings (SSSR count). The van der Waals surface area contributed by atoms with Gasteiger partial charge in [-0.2, -0.15) is 0 Å². The smallest absolute Gasteiger partial charge is 0.335 e. The Bertz CT molecular complexity index is 1740. The molecule has 0 saturated carbocycles. The summed E-state index contributed by atoms with van der Waals surface area (Å²) in [6.45, 7) is 1.76. The lowest BCUT2D eigenvalue weighted by Crippen LogP contribution is -2.40. The van der Waals surface area contributed by atoms with Crippen molar-refractivity contribution in [3.63, 3.8) is 0 Å². The zero-order valence-electron chi connectivity index (χ0n) is 20.5. The van der Waals surface area contributed by atoms with Crippen LogP contribution in [-0.2, 0) is 4.79 Å². The molecule has 4 aromatic rings. The second-order valence-corrected chi connectivity index (χ2v) is 9.61. The number of nitrogens with one attached hydrogen (secondary N) is 1. The molecule has 1 amide bonds. The van der Waals surface area contributed by atoms with Crippen LogP contribution in [0.4, 0.5) is 5.69 Å². The number of carbonyl (C=O) groups is 2. The van der Waals surface area contributed by atoms with Crippen LogP contribution in [0.2, 0.25) is 0 Å². The van der Waals surface area contributed by atoms with E-state index in [9.17, 15) is 14.4 Å². The average molecular weight is 526 g/mol. The fourth-order valence-electron chi connectivity index (χ4n) is 4.31. The van der Waals surface area contributed by atoms with E-state index in [0.29, 0.717) is 37.6 Å². The van der Waals surface area contributed by atoms with Crippen molar-refractivity contribution >= 4 is 35.0 Å². The molecular weight excluding hydrogens is 502 g/mol. The first-order valence-corrected chi connectivity index (χ1v) is 12.5. The molecule has 38 heavy (non-hydrogen) atoms. The molecule has 1 aromatic heterocycles. The Morgan fingerprint density at radius 1 is 1.03 bits per heavy atom. The summed E-state index contributed by atoms with van der Waals surface area (Å²) < 4.78 is 7.26. The van der Waals surface area contributed by atoms with Crippen LogP contribution in [0.25, 0.3) is 6.08 Å².